The van der Waals surface area contributed by atoms with E-state index >= 15 is 0 Å². The van der Waals surface area contributed by atoms with Crippen LogP contribution in [0.2, 0.25) is 0 Å². The summed E-state index contributed by atoms with van der Waals surface area (Å²) in [4.78, 5) is 15.8. The molecule has 3 heterocycles. The summed E-state index contributed by atoms with van der Waals surface area (Å²) >= 11 is 2.67. The van der Waals surface area contributed by atoms with Gasteiger partial charge in [0.05, 0.1) is 11.7 Å². The minimum Gasteiger partial charge on any atom is -0.344 e. The molecule has 1 fully saturated rings. The molecule has 1 aromatic carbocycles. The molecule has 26 heavy (non-hydrogen) atoms. The van der Waals surface area contributed by atoms with Gasteiger partial charge >= 0.3 is 0 Å². The quantitative estimate of drug-likeness (QED) is 0.733. The summed E-state index contributed by atoms with van der Waals surface area (Å²) in [5.41, 5.74) is 3.20. The lowest BCUT2D eigenvalue weighted by Gasteiger charge is -2.37. The maximum absolute atomic E-state index is 11.1. The zero-order valence-electron chi connectivity index (χ0n) is 14.5. The van der Waals surface area contributed by atoms with E-state index in [0.29, 0.717) is 11.2 Å². The molecular formula is C16H19N7OS2. The van der Waals surface area contributed by atoms with Crippen LogP contribution in [-0.2, 0) is 4.79 Å². The first-order valence-corrected chi connectivity index (χ1v) is 9.97. The van der Waals surface area contributed by atoms with E-state index in [4.69, 9.17) is 0 Å². The van der Waals surface area contributed by atoms with E-state index in [1.54, 1.807) is 0 Å². The number of aromatic nitrogens is 4. The second kappa shape index (κ2) is 7.22. The molecule has 10 heteroatoms. The molecule has 1 unspecified atom stereocenters. The number of nitrogens with zero attached hydrogens (tertiary/aromatic N) is 6. The van der Waals surface area contributed by atoms with Gasteiger partial charge in [0.1, 0.15) is 11.0 Å². The highest BCUT2D eigenvalue weighted by Crippen LogP contribution is 2.28. The molecule has 1 N–H and O–H groups in total. The molecule has 0 saturated carbocycles. The number of amides is 1. The summed E-state index contributed by atoms with van der Waals surface area (Å²) in [6, 6.07) is 6.66. The first kappa shape index (κ1) is 17.3. The number of hydrogen-bond donors (Lipinski definition) is 1. The summed E-state index contributed by atoms with van der Waals surface area (Å²) in [5, 5.41) is 12.3. The Labute approximate surface area is 159 Å². The molecule has 2 aromatic heterocycles. The van der Waals surface area contributed by atoms with Gasteiger partial charge in [-0.2, -0.15) is 8.75 Å². The average molecular weight is 390 g/mol. The fourth-order valence-corrected chi connectivity index (χ4v) is 4.47. The van der Waals surface area contributed by atoms with Gasteiger partial charge in [-0.15, -0.1) is 10.2 Å². The lowest BCUT2D eigenvalue weighted by Crippen LogP contribution is -2.47. The molecule has 1 aliphatic rings. The number of carbonyl (C=O) groups is 1. The van der Waals surface area contributed by atoms with Gasteiger partial charge in [-0.3, -0.25) is 9.69 Å². The molecule has 0 spiro atoms. The first-order valence-electron chi connectivity index (χ1n) is 8.42. The maximum Gasteiger partial charge on any atom is 0.223 e. The Kier molecular flexibility index (Phi) is 4.79. The standard InChI is InChI=1S/C16H19N7OS2/c1-10(12-3-4-13-14(9-12)21-26-20-13)22-5-7-23(8-6-22)16-19-18-15(25-16)17-11(2)24/h3-4,9-10H,5-8H2,1-2H3,(H,17,18,24). The molecule has 136 valence electrons. The highest BCUT2D eigenvalue weighted by atomic mass is 32.1. The molecule has 8 nitrogen and oxygen atoms in total. The zero-order valence-corrected chi connectivity index (χ0v) is 16.2. The first-order chi connectivity index (χ1) is 12.6. The van der Waals surface area contributed by atoms with Gasteiger partial charge in [-0.1, -0.05) is 17.4 Å². The molecule has 4 rings (SSSR count). The van der Waals surface area contributed by atoms with Crippen molar-refractivity contribution in [2.24, 2.45) is 0 Å². The number of anilines is 2. The van der Waals surface area contributed by atoms with Crippen LogP contribution in [0.15, 0.2) is 18.2 Å². The molecule has 1 atom stereocenters. The number of benzene rings is 1. The van der Waals surface area contributed by atoms with E-state index < -0.39 is 0 Å². The molecule has 1 amide bonds. The number of rotatable bonds is 4. The fraction of sp³-hybridized carbons (Fsp3) is 0.438. The fourth-order valence-electron chi connectivity index (χ4n) is 3.11. The molecule has 0 aliphatic carbocycles. The van der Waals surface area contributed by atoms with Crippen molar-refractivity contribution in [1.29, 1.82) is 0 Å². The Morgan fingerprint density at radius 2 is 1.92 bits per heavy atom. The smallest absolute Gasteiger partial charge is 0.223 e. The summed E-state index contributed by atoms with van der Waals surface area (Å²) < 4.78 is 8.61. The minimum absolute atomic E-state index is 0.126. The monoisotopic (exact) mass is 389 g/mol. The van der Waals surface area contributed by atoms with E-state index in [1.807, 2.05) is 6.07 Å². The third-order valence-corrected chi connectivity index (χ3v) is 6.05. The van der Waals surface area contributed by atoms with E-state index in [2.05, 4.69) is 53.1 Å². The van der Waals surface area contributed by atoms with Crippen molar-refractivity contribution in [3.8, 4) is 0 Å². The van der Waals surface area contributed by atoms with Crippen LogP contribution in [0.5, 0.6) is 0 Å². The van der Waals surface area contributed by atoms with E-state index in [1.165, 1.54) is 35.6 Å². The lowest BCUT2D eigenvalue weighted by atomic mass is 10.1. The number of hydrogen-bond acceptors (Lipinski definition) is 9. The number of fused-ring (bicyclic) bond motifs is 1. The van der Waals surface area contributed by atoms with Crippen LogP contribution in [0.25, 0.3) is 11.0 Å². The van der Waals surface area contributed by atoms with Gasteiger partial charge in [-0.05, 0) is 24.6 Å². The van der Waals surface area contributed by atoms with Crippen LogP contribution >= 0.6 is 23.1 Å². The second-order valence-corrected chi connectivity index (χ2v) is 7.77. The van der Waals surface area contributed by atoms with E-state index in [9.17, 15) is 4.79 Å². The van der Waals surface area contributed by atoms with Crippen LogP contribution in [-0.4, -0.2) is 55.9 Å². The molecule has 0 radical (unpaired) electrons. The van der Waals surface area contributed by atoms with Crippen LogP contribution in [0, 0.1) is 0 Å². The van der Waals surface area contributed by atoms with Gasteiger partial charge in [-0.25, -0.2) is 0 Å². The van der Waals surface area contributed by atoms with Crippen LogP contribution in [0.3, 0.4) is 0 Å². The molecule has 0 bridgehead atoms. The molecule has 3 aromatic rings. The van der Waals surface area contributed by atoms with Crippen LogP contribution in [0.4, 0.5) is 10.3 Å². The predicted octanol–water partition coefficient (Wildman–Crippen LogP) is 2.38. The Morgan fingerprint density at radius 3 is 2.69 bits per heavy atom. The highest BCUT2D eigenvalue weighted by molar-refractivity contribution is 7.19. The van der Waals surface area contributed by atoms with Gasteiger partial charge in [0.25, 0.3) is 0 Å². The second-order valence-electron chi connectivity index (χ2n) is 6.28. The van der Waals surface area contributed by atoms with Crippen molar-refractivity contribution in [2.45, 2.75) is 19.9 Å². The maximum atomic E-state index is 11.1. The number of carbonyl (C=O) groups excluding carboxylic acids is 1. The zero-order chi connectivity index (χ0) is 18.1. The van der Waals surface area contributed by atoms with Crippen molar-refractivity contribution in [3.63, 3.8) is 0 Å². The third-order valence-electron chi connectivity index (χ3n) is 4.59. The number of piperazine rings is 1. The predicted molar refractivity (Wildman–Crippen MR) is 104 cm³/mol. The molecular weight excluding hydrogens is 370 g/mol. The minimum atomic E-state index is -0.126. The summed E-state index contributed by atoms with van der Waals surface area (Å²) in [7, 11) is 0. The van der Waals surface area contributed by atoms with Crippen molar-refractivity contribution in [2.75, 3.05) is 36.4 Å². The topological polar surface area (TPSA) is 87.1 Å². The van der Waals surface area contributed by atoms with Crippen molar-refractivity contribution >= 4 is 50.3 Å². The van der Waals surface area contributed by atoms with Gasteiger partial charge in [0.15, 0.2) is 0 Å². The Hall–Kier alpha value is -2.17. The van der Waals surface area contributed by atoms with Crippen LogP contribution in [0.1, 0.15) is 25.5 Å². The number of nitrogens with one attached hydrogen (secondary N) is 1. The summed E-state index contributed by atoms with van der Waals surface area (Å²) in [6.07, 6.45) is 0. The third kappa shape index (κ3) is 3.53. The average Bonchev–Trinajstić information content (AvgIpc) is 3.29. The van der Waals surface area contributed by atoms with Gasteiger partial charge < -0.3 is 10.2 Å². The van der Waals surface area contributed by atoms with Crippen molar-refractivity contribution < 1.29 is 4.79 Å². The van der Waals surface area contributed by atoms with E-state index in [-0.39, 0.29) is 5.91 Å². The van der Waals surface area contributed by atoms with Gasteiger partial charge in [0.2, 0.25) is 16.2 Å². The lowest BCUT2D eigenvalue weighted by molar-refractivity contribution is -0.114. The Morgan fingerprint density at radius 1 is 1.15 bits per heavy atom. The van der Waals surface area contributed by atoms with Gasteiger partial charge in [0, 0.05) is 39.1 Å². The van der Waals surface area contributed by atoms with Crippen molar-refractivity contribution in [1.82, 2.24) is 23.8 Å². The molecule has 1 saturated heterocycles. The Balaban J connectivity index is 1.39. The normalized spacial score (nSPS) is 16.8. The molecule has 1 aliphatic heterocycles. The Bertz CT molecular complexity index is 916. The largest absolute Gasteiger partial charge is 0.344 e. The van der Waals surface area contributed by atoms with Crippen molar-refractivity contribution in [3.05, 3.63) is 23.8 Å². The van der Waals surface area contributed by atoms with E-state index in [0.717, 1.165) is 42.3 Å². The van der Waals surface area contributed by atoms with Crippen LogP contribution < -0.4 is 10.2 Å². The SMILES string of the molecule is CC(=O)Nc1nnc(N2CCN(C(C)c3ccc4nsnc4c3)CC2)s1. The summed E-state index contributed by atoms with van der Waals surface area (Å²) in [6.45, 7) is 7.38. The summed E-state index contributed by atoms with van der Waals surface area (Å²) in [5.74, 6) is -0.126. The highest BCUT2D eigenvalue weighted by Gasteiger charge is 2.24.